The second-order valence-corrected chi connectivity index (χ2v) is 6.29. The van der Waals surface area contributed by atoms with Crippen LogP contribution in [0.4, 0.5) is 13.2 Å². The van der Waals surface area contributed by atoms with E-state index in [9.17, 15) is 13.2 Å². The van der Waals surface area contributed by atoms with Crippen LogP contribution in [0.1, 0.15) is 23.8 Å². The summed E-state index contributed by atoms with van der Waals surface area (Å²) in [6, 6.07) is 1.19. The monoisotopic (exact) mass is 401 g/mol. The first-order valence-corrected chi connectivity index (χ1v) is 6.47. The van der Waals surface area contributed by atoms with Crippen LogP contribution in [0, 0.1) is 0 Å². The Hall–Kier alpha value is 0.700. The fourth-order valence-corrected chi connectivity index (χ4v) is 3.13. The number of hydrogen-bond donors (Lipinski definition) is 1. The summed E-state index contributed by atoms with van der Waals surface area (Å²) in [6.45, 7) is 0. The minimum atomic E-state index is -4.14. The van der Waals surface area contributed by atoms with Gasteiger partial charge in [-0.2, -0.15) is 13.2 Å². The van der Waals surface area contributed by atoms with Gasteiger partial charge in [0.05, 0.1) is 3.79 Å². The van der Waals surface area contributed by atoms with Crippen molar-refractivity contribution in [1.29, 1.82) is 0 Å². The van der Waals surface area contributed by atoms with Crippen LogP contribution < -0.4 is 5.73 Å². The third-order valence-corrected chi connectivity index (χ3v) is 5.16. The summed E-state index contributed by atoms with van der Waals surface area (Å²) < 4.78 is 37.5. The van der Waals surface area contributed by atoms with Crippen molar-refractivity contribution >= 4 is 55.6 Å². The molecule has 94 valence electrons. The van der Waals surface area contributed by atoms with Crippen molar-refractivity contribution in [2.45, 2.75) is 25.1 Å². The van der Waals surface area contributed by atoms with E-state index < -0.39 is 18.6 Å². The number of thiophene rings is 1. The molecule has 8 heteroatoms. The molecule has 16 heavy (non-hydrogen) atoms. The van der Waals surface area contributed by atoms with Crippen molar-refractivity contribution in [1.82, 2.24) is 0 Å². The quantitative estimate of drug-likeness (QED) is 0.752. The maximum Gasteiger partial charge on any atom is 0.389 e. The first-order chi connectivity index (χ1) is 6.79. The normalized spacial score (nSPS) is 13.4. The third-order valence-electron chi connectivity index (χ3n) is 1.77. The van der Waals surface area contributed by atoms with Crippen LogP contribution in [-0.2, 0) is 0 Å². The molecular formula is C8H9Br2ClF3NS. The van der Waals surface area contributed by atoms with Gasteiger partial charge in [0.15, 0.2) is 0 Å². The van der Waals surface area contributed by atoms with Crippen LogP contribution in [-0.4, -0.2) is 6.18 Å². The Labute approximate surface area is 118 Å². The molecule has 0 aromatic carbocycles. The van der Waals surface area contributed by atoms with E-state index in [2.05, 4.69) is 31.9 Å². The lowest BCUT2D eigenvalue weighted by Gasteiger charge is -2.11. The maximum atomic E-state index is 11.9. The molecule has 0 amide bonds. The number of rotatable bonds is 3. The van der Waals surface area contributed by atoms with Gasteiger partial charge in [0.1, 0.15) is 0 Å². The van der Waals surface area contributed by atoms with E-state index in [-0.39, 0.29) is 18.8 Å². The van der Waals surface area contributed by atoms with E-state index in [0.717, 1.165) is 13.1 Å². The predicted molar refractivity (Wildman–Crippen MR) is 69.2 cm³/mol. The Kier molecular flexibility index (Phi) is 6.87. The van der Waals surface area contributed by atoms with E-state index in [1.807, 2.05) is 0 Å². The molecule has 1 aromatic heterocycles. The highest BCUT2D eigenvalue weighted by Gasteiger charge is 2.28. The minimum Gasteiger partial charge on any atom is -0.323 e. The van der Waals surface area contributed by atoms with Crippen LogP contribution in [0.25, 0.3) is 0 Å². The summed E-state index contributed by atoms with van der Waals surface area (Å²) in [5.41, 5.74) is 5.65. The molecule has 0 radical (unpaired) electrons. The molecular weight excluding hydrogens is 394 g/mol. The second-order valence-electron chi connectivity index (χ2n) is 3.03. The number of halogens is 6. The van der Waals surface area contributed by atoms with Crippen molar-refractivity contribution in [2.75, 3.05) is 0 Å². The molecule has 1 atom stereocenters. The summed E-state index contributed by atoms with van der Waals surface area (Å²) in [4.78, 5) is 0.748. The highest BCUT2D eigenvalue weighted by Crippen LogP contribution is 2.37. The highest BCUT2D eigenvalue weighted by atomic mass is 79.9. The van der Waals surface area contributed by atoms with Crippen LogP contribution in [0.15, 0.2) is 14.3 Å². The van der Waals surface area contributed by atoms with Crippen molar-refractivity contribution in [3.05, 3.63) is 19.2 Å². The zero-order valence-corrected chi connectivity index (χ0v) is 12.7. The molecule has 0 unspecified atom stereocenters. The number of alkyl halides is 3. The van der Waals surface area contributed by atoms with E-state index in [0.29, 0.717) is 0 Å². The predicted octanol–water partition coefficient (Wildman–Crippen LogP) is 5.04. The Balaban J connectivity index is 0.00000225. The van der Waals surface area contributed by atoms with Crippen LogP contribution in [0.5, 0.6) is 0 Å². The molecule has 1 rings (SSSR count). The molecule has 0 spiro atoms. The molecule has 0 saturated carbocycles. The fourth-order valence-electron chi connectivity index (χ4n) is 1.01. The average Bonchev–Trinajstić information content (AvgIpc) is 2.42. The van der Waals surface area contributed by atoms with E-state index in [4.69, 9.17) is 5.73 Å². The van der Waals surface area contributed by atoms with Crippen molar-refractivity contribution in [2.24, 2.45) is 5.73 Å². The Morgan fingerprint density at radius 3 is 2.31 bits per heavy atom. The zero-order valence-electron chi connectivity index (χ0n) is 7.85. The Morgan fingerprint density at radius 1 is 1.38 bits per heavy atom. The Bertz CT molecular complexity index is 323. The number of nitrogens with two attached hydrogens (primary N) is 1. The lowest BCUT2D eigenvalue weighted by Crippen LogP contribution is -2.14. The lowest BCUT2D eigenvalue weighted by atomic mass is 10.1. The summed E-state index contributed by atoms with van der Waals surface area (Å²) in [6.07, 6.45) is -5.06. The fraction of sp³-hybridized carbons (Fsp3) is 0.500. The summed E-state index contributed by atoms with van der Waals surface area (Å²) in [5, 5.41) is 0. The van der Waals surface area contributed by atoms with Gasteiger partial charge in [-0.25, -0.2) is 0 Å². The number of hydrogen-bond acceptors (Lipinski definition) is 2. The van der Waals surface area contributed by atoms with E-state index in [1.54, 1.807) is 6.07 Å². The molecule has 0 bridgehead atoms. The molecule has 2 N–H and O–H groups in total. The molecule has 1 aromatic rings. The van der Waals surface area contributed by atoms with Gasteiger partial charge >= 0.3 is 6.18 Å². The molecule has 0 aliphatic heterocycles. The van der Waals surface area contributed by atoms with Gasteiger partial charge in [0.25, 0.3) is 0 Å². The lowest BCUT2D eigenvalue weighted by molar-refractivity contribution is -0.136. The largest absolute Gasteiger partial charge is 0.389 e. The molecule has 0 saturated heterocycles. The Morgan fingerprint density at radius 2 is 1.94 bits per heavy atom. The van der Waals surface area contributed by atoms with Crippen molar-refractivity contribution in [3.8, 4) is 0 Å². The minimum absolute atomic E-state index is 0. The highest BCUT2D eigenvalue weighted by molar-refractivity contribution is 9.13. The van der Waals surface area contributed by atoms with Gasteiger partial charge < -0.3 is 5.73 Å². The van der Waals surface area contributed by atoms with E-state index >= 15 is 0 Å². The van der Waals surface area contributed by atoms with E-state index in [1.165, 1.54) is 11.3 Å². The molecule has 0 aliphatic carbocycles. The van der Waals surface area contributed by atoms with Gasteiger partial charge in [-0.3, -0.25) is 0 Å². The maximum absolute atomic E-state index is 11.9. The van der Waals surface area contributed by atoms with Crippen molar-refractivity contribution < 1.29 is 13.2 Å². The van der Waals surface area contributed by atoms with Gasteiger partial charge in [-0.1, -0.05) is 0 Å². The molecule has 0 fully saturated rings. The van der Waals surface area contributed by atoms with Gasteiger partial charge in [-0.05, 0) is 44.3 Å². The topological polar surface area (TPSA) is 26.0 Å². The smallest absolute Gasteiger partial charge is 0.323 e. The summed E-state index contributed by atoms with van der Waals surface area (Å²) in [7, 11) is 0. The van der Waals surface area contributed by atoms with Gasteiger partial charge in [0.2, 0.25) is 0 Å². The first kappa shape index (κ1) is 16.7. The summed E-state index contributed by atoms with van der Waals surface area (Å²) >= 11 is 7.88. The first-order valence-electron chi connectivity index (χ1n) is 4.06. The van der Waals surface area contributed by atoms with Crippen LogP contribution in [0.3, 0.4) is 0 Å². The summed E-state index contributed by atoms with van der Waals surface area (Å²) in [5.74, 6) is 0. The molecule has 0 aliphatic rings. The van der Waals surface area contributed by atoms with Crippen LogP contribution >= 0.6 is 55.6 Å². The average molecular weight is 403 g/mol. The zero-order chi connectivity index (χ0) is 11.6. The van der Waals surface area contributed by atoms with Gasteiger partial charge in [0, 0.05) is 21.8 Å². The second kappa shape index (κ2) is 6.58. The molecule has 1 heterocycles. The van der Waals surface area contributed by atoms with Crippen LogP contribution in [0.2, 0.25) is 0 Å². The third kappa shape index (κ3) is 5.35. The molecule has 1 nitrogen and oxygen atoms in total. The SMILES string of the molecule is Cl.N[C@H](CCC(F)(F)F)c1cc(Br)c(Br)s1. The van der Waals surface area contributed by atoms with Crippen molar-refractivity contribution in [3.63, 3.8) is 0 Å². The standard InChI is InChI=1S/C8H8Br2F3NS.ClH/c9-4-3-6(15-7(4)10)5(14)1-2-8(11,12)13;/h3,5H,1-2,14H2;1H/t5-;/m1./s1. The van der Waals surface area contributed by atoms with Gasteiger partial charge in [-0.15, -0.1) is 23.7 Å².